The normalized spacial score (nSPS) is 11.3. The van der Waals surface area contributed by atoms with Crippen molar-refractivity contribution in [1.29, 1.82) is 0 Å². The first kappa shape index (κ1) is 30.9. The van der Waals surface area contributed by atoms with Crippen LogP contribution in [0.5, 0.6) is 0 Å². The SMILES string of the molecule is CO.Cc1cccc(CNCCC(Cc2cc(F)cc(F)c2)NC(=O)c2cccc(SCc3ccncc3)c2)c1. The van der Waals surface area contributed by atoms with Gasteiger partial charge in [0.1, 0.15) is 11.6 Å². The molecular formula is C32H35F2N3O2S. The number of pyridine rings is 1. The van der Waals surface area contributed by atoms with Gasteiger partial charge in [-0.05, 0) is 85.5 Å². The van der Waals surface area contributed by atoms with E-state index in [-0.39, 0.29) is 11.9 Å². The second kappa shape index (κ2) is 16.5. The second-order valence-corrected chi connectivity index (χ2v) is 10.3. The van der Waals surface area contributed by atoms with Crippen molar-refractivity contribution in [1.82, 2.24) is 15.6 Å². The van der Waals surface area contributed by atoms with Crippen LogP contribution in [0.4, 0.5) is 8.78 Å². The predicted molar refractivity (Wildman–Crippen MR) is 157 cm³/mol. The molecule has 4 aromatic rings. The summed E-state index contributed by atoms with van der Waals surface area (Å²) in [5.74, 6) is -0.686. The fourth-order valence-electron chi connectivity index (χ4n) is 4.21. The minimum Gasteiger partial charge on any atom is -0.400 e. The molecule has 3 N–H and O–H groups in total. The molecule has 40 heavy (non-hydrogen) atoms. The first-order chi connectivity index (χ1) is 19.4. The van der Waals surface area contributed by atoms with Gasteiger partial charge in [-0.3, -0.25) is 9.78 Å². The molecule has 0 aliphatic rings. The lowest BCUT2D eigenvalue weighted by molar-refractivity contribution is 0.0934. The summed E-state index contributed by atoms with van der Waals surface area (Å²) in [6.45, 7) is 3.39. The Labute approximate surface area is 239 Å². The minimum atomic E-state index is -0.624. The molecule has 3 aromatic carbocycles. The van der Waals surface area contributed by atoms with Crippen LogP contribution < -0.4 is 10.6 Å². The fraction of sp³-hybridized carbons (Fsp3) is 0.250. The van der Waals surface area contributed by atoms with Crippen LogP contribution in [-0.4, -0.2) is 35.7 Å². The Bertz CT molecular complexity index is 1330. The molecule has 0 spiro atoms. The van der Waals surface area contributed by atoms with Crippen LogP contribution in [-0.2, 0) is 18.7 Å². The Morgan fingerprint density at radius 3 is 2.35 bits per heavy atom. The maximum Gasteiger partial charge on any atom is 0.251 e. The standard InChI is InChI=1S/C31H31F2N3OS.CH4O/c1-22-4-2-5-24(14-22)20-35-13-10-29(17-25-15-27(32)19-28(33)16-25)36-31(37)26-6-3-7-30(18-26)38-21-23-8-11-34-12-9-23;1-2/h2-9,11-12,14-16,18-19,29,35H,10,13,17,20-21H2,1H3,(H,36,37);2H,1H3. The molecule has 0 radical (unpaired) electrons. The summed E-state index contributed by atoms with van der Waals surface area (Å²) in [6.07, 6.45) is 4.45. The monoisotopic (exact) mass is 563 g/mol. The van der Waals surface area contributed by atoms with Gasteiger partial charge in [-0.15, -0.1) is 11.8 Å². The maximum atomic E-state index is 13.8. The van der Waals surface area contributed by atoms with E-state index in [4.69, 9.17) is 5.11 Å². The Kier molecular flexibility index (Phi) is 12.8. The van der Waals surface area contributed by atoms with Crippen LogP contribution in [0.2, 0.25) is 0 Å². The number of aliphatic hydroxyl groups is 1. The maximum absolute atomic E-state index is 13.8. The van der Waals surface area contributed by atoms with Gasteiger partial charge < -0.3 is 15.7 Å². The molecule has 1 atom stereocenters. The Morgan fingerprint density at radius 1 is 0.900 bits per heavy atom. The third-order valence-corrected chi connectivity index (χ3v) is 7.14. The number of carbonyl (C=O) groups excluding carboxylic acids is 1. The van der Waals surface area contributed by atoms with Crippen molar-refractivity contribution in [2.75, 3.05) is 13.7 Å². The lowest BCUT2D eigenvalue weighted by Gasteiger charge is -2.20. The summed E-state index contributed by atoms with van der Waals surface area (Å²) >= 11 is 1.64. The molecular weight excluding hydrogens is 528 g/mol. The summed E-state index contributed by atoms with van der Waals surface area (Å²) in [5.41, 5.74) is 4.59. The Morgan fingerprint density at radius 2 is 1.62 bits per heavy atom. The van der Waals surface area contributed by atoms with Crippen LogP contribution in [0, 0.1) is 18.6 Å². The van der Waals surface area contributed by atoms with Crippen LogP contribution >= 0.6 is 11.8 Å². The van der Waals surface area contributed by atoms with Crippen LogP contribution in [0.1, 0.15) is 39.0 Å². The van der Waals surface area contributed by atoms with Crippen LogP contribution in [0.15, 0.2) is 96.2 Å². The third-order valence-electron chi connectivity index (χ3n) is 6.07. The molecule has 0 fully saturated rings. The summed E-state index contributed by atoms with van der Waals surface area (Å²) < 4.78 is 27.7. The molecule has 1 heterocycles. The van der Waals surface area contributed by atoms with E-state index in [1.807, 2.05) is 36.4 Å². The van der Waals surface area contributed by atoms with Crippen molar-refractivity contribution in [2.24, 2.45) is 0 Å². The zero-order valence-corrected chi connectivity index (χ0v) is 23.6. The molecule has 210 valence electrons. The first-order valence-corrected chi connectivity index (χ1v) is 14.0. The van der Waals surface area contributed by atoms with E-state index in [0.29, 0.717) is 37.1 Å². The number of nitrogens with one attached hydrogen (secondary N) is 2. The zero-order chi connectivity index (χ0) is 28.7. The fourth-order valence-corrected chi connectivity index (χ4v) is 5.12. The highest BCUT2D eigenvalue weighted by Gasteiger charge is 2.16. The number of aromatic nitrogens is 1. The summed E-state index contributed by atoms with van der Waals surface area (Å²) in [4.78, 5) is 18.2. The molecule has 1 amide bonds. The number of amides is 1. The van der Waals surface area contributed by atoms with Gasteiger partial charge in [0, 0.05) is 54.4 Å². The zero-order valence-electron chi connectivity index (χ0n) is 22.7. The minimum absolute atomic E-state index is 0.211. The van der Waals surface area contributed by atoms with E-state index in [1.54, 1.807) is 30.2 Å². The van der Waals surface area contributed by atoms with Gasteiger partial charge in [0.05, 0.1) is 0 Å². The van der Waals surface area contributed by atoms with E-state index in [9.17, 15) is 13.6 Å². The van der Waals surface area contributed by atoms with Gasteiger partial charge in [0.15, 0.2) is 0 Å². The molecule has 0 saturated heterocycles. The van der Waals surface area contributed by atoms with Crippen LogP contribution in [0.25, 0.3) is 0 Å². The van der Waals surface area contributed by atoms with E-state index in [0.717, 1.165) is 29.4 Å². The Hall–Kier alpha value is -3.59. The number of thioether (sulfide) groups is 1. The van der Waals surface area contributed by atoms with Crippen molar-refractivity contribution in [2.45, 2.75) is 43.0 Å². The number of nitrogens with zero attached hydrogens (tertiary/aromatic N) is 1. The quantitative estimate of drug-likeness (QED) is 0.144. The molecule has 1 aromatic heterocycles. The van der Waals surface area contributed by atoms with E-state index in [2.05, 4.69) is 40.7 Å². The topological polar surface area (TPSA) is 74.2 Å². The highest BCUT2D eigenvalue weighted by Crippen LogP contribution is 2.23. The van der Waals surface area contributed by atoms with Gasteiger partial charge >= 0.3 is 0 Å². The number of hydrogen-bond donors (Lipinski definition) is 3. The van der Waals surface area contributed by atoms with E-state index >= 15 is 0 Å². The highest BCUT2D eigenvalue weighted by atomic mass is 32.2. The van der Waals surface area contributed by atoms with E-state index in [1.165, 1.54) is 23.3 Å². The second-order valence-electron chi connectivity index (χ2n) is 9.28. The number of hydrogen-bond acceptors (Lipinski definition) is 5. The number of halogens is 2. The van der Waals surface area contributed by atoms with Crippen molar-refractivity contribution in [3.05, 3.63) is 131 Å². The van der Waals surface area contributed by atoms with Gasteiger partial charge in [-0.1, -0.05) is 35.9 Å². The average Bonchev–Trinajstić information content (AvgIpc) is 2.95. The molecule has 1 unspecified atom stereocenters. The number of rotatable bonds is 12. The molecule has 0 aliphatic carbocycles. The van der Waals surface area contributed by atoms with Gasteiger partial charge in [0.2, 0.25) is 0 Å². The van der Waals surface area contributed by atoms with Crippen molar-refractivity contribution >= 4 is 17.7 Å². The smallest absolute Gasteiger partial charge is 0.251 e. The van der Waals surface area contributed by atoms with Gasteiger partial charge in [-0.2, -0.15) is 0 Å². The predicted octanol–water partition coefficient (Wildman–Crippen LogP) is 6.09. The lowest BCUT2D eigenvalue weighted by Crippen LogP contribution is -2.38. The highest BCUT2D eigenvalue weighted by molar-refractivity contribution is 7.98. The average molecular weight is 564 g/mol. The number of aryl methyl sites for hydroxylation is 1. The lowest BCUT2D eigenvalue weighted by atomic mass is 10.0. The van der Waals surface area contributed by atoms with Crippen LogP contribution in [0.3, 0.4) is 0 Å². The molecule has 4 rings (SSSR count). The molecule has 8 heteroatoms. The number of aliphatic hydroxyl groups excluding tert-OH is 1. The van der Waals surface area contributed by atoms with Crippen molar-refractivity contribution in [3.63, 3.8) is 0 Å². The van der Waals surface area contributed by atoms with Gasteiger partial charge in [0.25, 0.3) is 5.91 Å². The molecule has 0 bridgehead atoms. The third kappa shape index (κ3) is 10.5. The summed E-state index contributed by atoms with van der Waals surface area (Å²) in [6, 6.07) is 22.9. The number of benzene rings is 3. The first-order valence-electron chi connectivity index (χ1n) is 13.0. The summed E-state index contributed by atoms with van der Waals surface area (Å²) in [5, 5.41) is 13.5. The van der Waals surface area contributed by atoms with Crippen molar-refractivity contribution in [3.8, 4) is 0 Å². The Balaban J connectivity index is 0.00000216. The number of carbonyl (C=O) groups is 1. The molecule has 0 saturated carbocycles. The van der Waals surface area contributed by atoms with Crippen molar-refractivity contribution < 1.29 is 18.7 Å². The van der Waals surface area contributed by atoms with E-state index < -0.39 is 11.6 Å². The van der Waals surface area contributed by atoms with Gasteiger partial charge in [-0.25, -0.2) is 8.78 Å². The summed E-state index contributed by atoms with van der Waals surface area (Å²) in [7, 11) is 1.00. The molecule has 0 aliphatic heterocycles. The largest absolute Gasteiger partial charge is 0.400 e. The molecule has 5 nitrogen and oxygen atoms in total.